The molecule has 0 saturated heterocycles. The molecule has 0 radical (unpaired) electrons. The number of allylic oxidation sites excluding steroid dienone is 2. The van der Waals surface area contributed by atoms with Crippen molar-refractivity contribution >= 4 is 27.5 Å². The fourth-order valence-electron chi connectivity index (χ4n) is 10.4. The maximum atomic E-state index is 13.2. The molecule has 0 spiro atoms. The van der Waals surface area contributed by atoms with Crippen LogP contribution in [0, 0.1) is 46.3 Å². The molecule has 0 aromatic heterocycles. The first-order chi connectivity index (χ1) is 21.4. The fourth-order valence-corrected chi connectivity index (χ4v) is 13.0. The molecule has 0 unspecified atom stereocenters. The van der Waals surface area contributed by atoms with E-state index in [-0.39, 0.29) is 17.0 Å². The van der Waals surface area contributed by atoms with Gasteiger partial charge < -0.3 is 16.4 Å². The van der Waals surface area contributed by atoms with Crippen LogP contribution in [0.2, 0.25) is 0 Å². The van der Waals surface area contributed by atoms with E-state index in [9.17, 15) is 4.79 Å². The van der Waals surface area contributed by atoms with Gasteiger partial charge in [-0.2, -0.15) is 0 Å². The zero-order valence-electron chi connectivity index (χ0n) is 31.5. The quantitative estimate of drug-likeness (QED) is 0.0968. The second kappa shape index (κ2) is 15.8. The Kier molecular flexibility index (Phi) is 13.3. The number of nitrogens with zero attached hydrogens (tertiary/aromatic N) is 1. The molecule has 0 aromatic rings. The summed E-state index contributed by atoms with van der Waals surface area (Å²) in [5.41, 5.74) is 14.7. The first-order valence-electron chi connectivity index (χ1n) is 19.3. The van der Waals surface area contributed by atoms with Gasteiger partial charge in [-0.25, -0.2) is 0 Å². The Bertz CT molecular complexity index is 1010. The van der Waals surface area contributed by atoms with Crippen LogP contribution in [0.3, 0.4) is 0 Å². The topological polar surface area (TPSA) is 72.3 Å². The molecule has 3 saturated carbocycles. The average Bonchev–Trinajstić information content (AvgIpc) is 3.31. The molecule has 4 aliphatic rings. The number of nitrogens with two attached hydrogens (primary N) is 2. The van der Waals surface area contributed by atoms with E-state index in [0.29, 0.717) is 35.6 Å². The van der Waals surface area contributed by atoms with Gasteiger partial charge in [-0.05, 0) is 138 Å². The molecule has 4 aliphatic carbocycles. The maximum absolute atomic E-state index is 13.2. The number of amides is 1. The Morgan fingerprint density at radius 3 is 2.26 bits per heavy atom. The monoisotopic (exact) mass is 676 g/mol. The Labute approximate surface area is 293 Å². The zero-order valence-corrected chi connectivity index (χ0v) is 33.1. The predicted octanol–water partition coefficient (Wildman–Crippen LogP) is 10.3. The number of rotatable bonds is 16. The number of hydrogen-bond acceptors (Lipinski definition) is 5. The lowest BCUT2D eigenvalue weighted by molar-refractivity contribution is -0.131. The Morgan fingerprint density at radius 1 is 0.957 bits per heavy atom. The number of hydrogen-bond donors (Lipinski definition) is 2. The largest absolute Gasteiger partial charge is 0.343 e. The minimum Gasteiger partial charge on any atom is -0.343 e. The van der Waals surface area contributed by atoms with Crippen molar-refractivity contribution in [3.8, 4) is 0 Å². The summed E-state index contributed by atoms with van der Waals surface area (Å²) in [7, 11) is 3.99. The lowest BCUT2D eigenvalue weighted by atomic mass is 9.47. The van der Waals surface area contributed by atoms with Crippen molar-refractivity contribution in [2.45, 2.75) is 169 Å². The highest BCUT2D eigenvalue weighted by Crippen LogP contribution is 2.67. The van der Waals surface area contributed by atoms with Crippen molar-refractivity contribution in [2.24, 2.45) is 57.8 Å². The van der Waals surface area contributed by atoms with E-state index in [2.05, 4.69) is 51.5 Å². The third-order valence-corrected chi connectivity index (χ3v) is 16.2. The molecule has 0 aliphatic heterocycles. The van der Waals surface area contributed by atoms with Crippen LogP contribution in [0.4, 0.5) is 0 Å². The van der Waals surface area contributed by atoms with Crippen LogP contribution in [-0.2, 0) is 4.79 Å². The van der Waals surface area contributed by atoms with Gasteiger partial charge >= 0.3 is 0 Å². The third kappa shape index (κ3) is 9.75. The second-order valence-electron chi connectivity index (χ2n) is 18.7. The van der Waals surface area contributed by atoms with E-state index in [0.717, 1.165) is 54.1 Å². The molecule has 3 fully saturated rings. The Hall–Kier alpha value is -0.170. The zero-order chi connectivity index (χ0) is 33.9. The summed E-state index contributed by atoms with van der Waals surface area (Å²) in [5.74, 6) is 6.52. The molecule has 4 N–H and O–H groups in total. The predicted molar refractivity (Wildman–Crippen MR) is 204 cm³/mol. The molecule has 266 valence electrons. The van der Waals surface area contributed by atoms with Crippen molar-refractivity contribution in [1.82, 2.24) is 4.90 Å². The van der Waals surface area contributed by atoms with Gasteiger partial charge in [-0.15, -0.1) is 0 Å². The van der Waals surface area contributed by atoms with Crippen molar-refractivity contribution in [3.63, 3.8) is 0 Å². The summed E-state index contributed by atoms with van der Waals surface area (Å²) >= 11 is 0. The molecule has 1 amide bonds. The standard InChI is InChI=1S/C40H73N3OS2/c1-28(2)11-10-12-29(3)33-15-16-34-32-14-13-30-27-31(17-20-39(30,8)35(32)18-21-40(33,34)9)46-45-26-19-36(44)43(24-22-37(4,5)41)25-23-38(6,7)42/h13,28-29,31-35H,10-12,14-27,41-42H2,1-9H3/t29-,31+,32+,33-,34+,35+,39+,40-/m1/s1. The third-order valence-electron chi connectivity index (χ3n) is 13.3. The summed E-state index contributed by atoms with van der Waals surface area (Å²) < 4.78 is 0. The van der Waals surface area contributed by atoms with Gasteiger partial charge in [0.1, 0.15) is 0 Å². The van der Waals surface area contributed by atoms with Crippen molar-refractivity contribution in [2.75, 3.05) is 18.8 Å². The van der Waals surface area contributed by atoms with Gasteiger partial charge in [0.05, 0.1) is 0 Å². The molecule has 46 heavy (non-hydrogen) atoms. The van der Waals surface area contributed by atoms with Crippen molar-refractivity contribution < 1.29 is 4.79 Å². The van der Waals surface area contributed by atoms with Gasteiger partial charge in [-0.1, -0.05) is 87.1 Å². The normalized spacial score (nSPS) is 33.7. The van der Waals surface area contributed by atoms with Crippen LogP contribution in [0.5, 0.6) is 0 Å². The molecule has 6 heteroatoms. The lowest BCUT2D eigenvalue weighted by Gasteiger charge is -2.58. The highest BCUT2D eigenvalue weighted by atomic mass is 33.1. The van der Waals surface area contributed by atoms with Crippen LogP contribution in [-0.4, -0.2) is 46.0 Å². The van der Waals surface area contributed by atoms with Crippen LogP contribution in [0.25, 0.3) is 0 Å². The Morgan fingerprint density at radius 2 is 1.63 bits per heavy atom. The van der Waals surface area contributed by atoms with Gasteiger partial charge in [0, 0.05) is 41.6 Å². The highest BCUT2D eigenvalue weighted by molar-refractivity contribution is 8.76. The highest BCUT2D eigenvalue weighted by Gasteiger charge is 2.59. The smallest absolute Gasteiger partial charge is 0.223 e. The molecule has 4 nitrogen and oxygen atoms in total. The number of carbonyl (C=O) groups is 1. The molecule has 4 rings (SSSR count). The van der Waals surface area contributed by atoms with Gasteiger partial charge in [-0.3, -0.25) is 4.79 Å². The molecule has 0 heterocycles. The molecular weight excluding hydrogens is 603 g/mol. The number of fused-ring (bicyclic) bond motifs is 5. The SMILES string of the molecule is CC(C)CCC[C@@H](C)[C@H]1CC[C@H]2[C@@H]3CC=C4C[C@@H](SSCCC(=O)N(CCC(C)(C)N)CCC(C)(C)N)CC[C@]4(C)[C@H]3CC[C@]12C. The Balaban J connectivity index is 1.27. The molecular formula is C40H73N3OS2. The summed E-state index contributed by atoms with van der Waals surface area (Å²) in [6, 6.07) is 0. The second-order valence-corrected chi connectivity index (χ2v) is 21.5. The fraction of sp³-hybridized carbons (Fsp3) is 0.925. The average molecular weight is 676 g/mol. The molecule has 8 atom stereocenters. The summed E-state index contributed by atoms with van der Waals surface area (Å²) in [5, 5.41) is 0.680. The van der Waals surface area contributed by atoms with Crippen LogP contribution in [0.15, 0.2) is 11.6 Å². The lowest BCUT2D eigenvalue weighted by Crippen LogP contribution is -2.50. The molecule has 0 bridgehead atoms. The van der Waals surface area contributed by atoms with Crippen LogP contribution < -0.4 is 11.5 Å². The van der Waals surface area contributed by atoms with Crippen molar-refractivity contribution in [3.05, 3.63) is 11.6 Å². The maximum Gasteiger partial charge on any atom is 0.223 e. The van der Waals surface area contributed by atoms with Crippen LogP contribution >= 0.6 is 21.6 Å². The van der Waals surface area contributed by atoms with E-state index in [1.807, 2.05) is 43.4 Å². The van der Waals surface area contributed by atoms with E-state index in [1.54, 1.807) is 5.57 Å². The van der Waals surface area contributed by atoms with E-state index < -0.39 is 0 Å². The summed E-state index contributed by atoms with van der Waals surface area (Å²) in [6.07, 6.45) is 20.3. The summed E-state index contributed by atoms with van der Waals surface area (Å²) in [4.78, 5) is 15.2. The minimum absolute atomic E-state index is 0.252. The van der Waals surface area contributed by atoms with Gasteiger partial charge in [0.2, 0.25) is 5.91 Å². The summed E-state index contributed by atoms with van der Waals surface area (Å²) in [6.45, 7) is 22.3. The first kappa shape index (κ1) is 38.6. The van der Waals surface area contributed by atoms with Crippen LogP contribution in [0.1, 0.15) is 152 Å². The number of carbonyl (C=O) groups excluding carboxylic acids is 1. The van der Waals surface area contributed by atoms with Gasteiger partial charge in [0.25, 0.3) is 0 Å². The van der Waals surface area contributed by atoms with Gasteiger partial charge in [0.15, 0.2) is 0 Å². The van der Waals surface area contributed by atoms with E-state index >= 15 is 0 Å². The van der Waals surface area contributed by atoms with E-state index in [1.165, 1.54) is 70.6 Å². The van der Waals surface area contributed by atoms with E-state index in [4.69, 9.17) is 11.5 Å². The minimum atomic E-state index is -0.271. The first-order valence-corrected chi connectivity index (χ1v) is 21.6. The van der Waals surface area contributed by atoms with Crippen molar-refractivity contribution in [1.29, 1.82) is 0 Å². The molecule has 0 aromatic carbocycles.